The number of carbonyl (C=O) groups is 1. The van der Waals surface area contributed by atoms with Crippen molar-refractivity contribution in [2.75, 3.05) is 19.7 Å². The van der Waals surface area contributed by atoms with Crippen molar-refractivity contribution in [3.05, 3.63) is 65.7 Å². The molecule has 2 atom stereocenters. The van der Waals surface area contributed by atoms with Gasteiger partial charge in [0.05, 0.1) is 11.5 Å². The first-order valence-corrected chi connectivity index (χ1v) is 11.0. The molecule has 2 aromatic rings. The maximum absolute atomic E-state index is 12.5. The summed E-state index contributed by atoms with van der Waals surface area (Å²) in [6.07, 6.45) is 0. The summed E-state index contributed by atoms with van der Waals surface area (Å²) in [6, 6.07) is 16.5. The number of likely N-dealkylation sites (tertiary alicyclic amines) is 1. The van der Waals surface area contributed by atoms with Crippen LogP contribution in [0.4, 0.5) is 0 Å². The van der Waals surface area contributed by atoms with Crippen LogP contribution in [0.3, 0.4) is 0 Å². The summed E-state index contributed by atoms with van der Waals surface area (Å²) in [5, 5.41) is 0. The number of nitrogens with zero attached hydrogens (tertiary/aromatic N) is 1. The highest BCUT2D eigenvalue weighted by Crippen LogP contribution is 2.33. The van der Waals surface area contributed by atoms with E-state index >= 15 is 0 Å². The van der Waals surface area contributed by atoms with Crippen LogP contribution in [0.25, 0.3) is 0 Å². The SMILES string of the molecule is CC.CC(=O)N1CC(COS(=O)(=O)c2ccc(C)cc2)C(c2ccccc2)C1. The first-order valence-electron chi connectivity index (χ1n) is 9.63. The van der Waals surface area contributed by atoms with Crippen LogP contribution in [-0.2, 0) is 19.1 Å². The quantitative estimate of drug-likeness (QED) is 0.708. The van der Waals surface area contributed by atoms with Crippen LogP contribution < -0.4 is 0 Å². The van der Waals surface area contributed by atoms with E-state index in [4.69, 9.17) is 4.18 Å². The second kappa shape index (κ2) is 9.85. The molecule has 1 aliphatic heterocycles. The summed E-state index contributed by atoms with van der Waals surface area (Å²) in [5.41, 5.74) is 2.08. The van der Waals surface area contributed by atoms with Gasteiger partial charge in [0.15, 0.2) is 0 Å². The minimum absolute atomic E-state index is 0.00479. The predicted octanol–water partition coefficient (Wildman–Crippen LogP) is 3.99. The van der Waals surface area contributed by atoms with Crippen molar-refractivity contribution in [1.29, 1.82) is 0 Å². The lowest BCUT2D eigenvalue weighted by molar-refractivity contribution is -0.127. The maximum Gasteiger partial charge on any atom is 0.296 e. The topological polar surface area (TPSA) is 63.7 Å². The number of aryl methyl sites for hydroxylation is 1. The third-order valence-electron chi connectivity index (χ3n) is 4.86. The predicted molar refractivity (Wildman–Crippen MR) is 111 cm³/mol. The Morgan fingerprint density at radius 1 is 1.04 bits per heavy atom. The molecule has 28 heavy (non-hydrogen) atoms. The normalized spacial score (nSPS) is 19.1. The summed E-state index contributed by atoms with van der Waals surface area (Å²) in [5.74, 6) is -0.00957. The zero-order chi connectivity index (χ0) is 20.7. The van der Waals surface area contributed by atoms with Gasteiger partial charge in [0.2, 0.25) is 5.91 Å². The molecule has 2 aromatic carbocycles. The highest BCUT2D eigenvalue weighted by atomic mass is 32.2. The van der Waals surface area contributed by atoms with E-state index in [0.29, 0.717) is 13.1 Å². The van der Waals surface area contributed by atoms with Crippen molar-refractivity contribution in [3.8, 4) is 0 Å². The van der Waals surface area contributed by atoms with E-state index < -0.39 is 10.1 Å². The van der Waals surface area contributed by atoms with Crippen LogP contribution in [0.5, 0.6) is 0 Å². The monoisotopic (exact) mass is 403 g/mol. The molecule has 152 valence electrons. The van der Waals surface area contributed by atoms with Gasteiger partial charge in [0.1, 0.15) is 0 Å². The molecule has 1 amide bonds. The summed E-state index contributed by atoms with van der Waals surface area (Å²) in [6.45, 7) is 8.57. The first kappa shape index (κ1) is 22.1. The smallest absolute Gasteiger partial charge is 0.296 e. The van der Waals surface area contributed by atoms with E-state index in [0.717, 1.165) is 11.1 Å². The van der Waals surface area contributed by atoms with Crippen molar-refractivity contribution in [3.63, 3.8) is 0 Å². The van der Waals surface area contributed by atoms with Gasteiger partial charge in [-0.05, 0) is 24.6 Å². The molecule has 0 radical (unpaired) electrons. The lowest BCUT2D eigenvalue weighted by Gasteiger charge is -2.18. The number of carbonyl (C=O) groups excluding carboxylic acids is 1. The molecular formula is C22H29NO4S. The minimum Gasteiger partial charge on any atom is -0.342 e. The summed E-state index contributed by atoms with van der Waals surface area (Å²) >= 11 is 0. The van der Waals surface area contributed by atoms with Gasteiger partial charge in [-0.3, -0.25) is 8.98 Å². The Kier molecular flexibility index (Phi) is 7.78. The Bertz CT molecular complexity index is 863. The second-order valence-corrected chi connectivity index (χ2v) is 8.37. The molecule has 6 heteroatoms. The van der Waals surface area contributed by atoms with Crippen molar-refractivity contribution in [2.24, 2.45) is 5.92 Å². The van der Waals surface area contributed by atoms with Gasteiger partial charge in [0.25, 0.3) is 10.1 Å². The summed E-state index contributed by atoms with van der Waals surface area (Å²) in [4.78, 5) is 13.7. The number of hydrogen-bond donors (Lipinski definition) is 0. The van der Waals surface area contributed by atoms with E-state index in [2.05, 4.69) is 0 Å². The molecular weight excluding hydrogens is 374 g/mol. The van der Waals surface area contributed by atoms with Crippen LogP contribution in [-0.4, -0.2) is 38.9 Å². The fourth-order valence-electron chi connectivity index (χ4n) is 3.33. The summed E-state index contributed by atoms with van der Waals surface area (Å²) in [7, 11) is -3.81. The molecule has 3 rings (SSSR count). The molecule has 0 bridgehead atoms. The van der Waals surface area contributed by atoms with Gasteiger partial charge >= 0.3 is 0 Å². The third-order valence-corrected chi connectivity index (χ3v) is 6.16. The van der Waals surface area contributed by atoms with Crippen LogP contribution in [0.1, 0.15) is 37.8 Å². The Morgan fingerprint density at radius 3 is 2.21 bits per heavy atom. The lowest BCUT2D eigenvalue weighted by atomic mass is 9.90. The van der Waals surface area contributed by atoms with Gasteiger partial charge in [0, 0.05) is 31.8 Å². The minimum atomic E-state index is -3.81. The molecule has 0 saturated carbocycles. The maximum atomic E-state index is 12.5. The summed E-state index contributed by atoms with van der Waals surface area (Å²) < 4.78 is 30.3. The molecule has 0 N–H and O–H groups in total. The number of rotatable bonds is 5. The number of hydrogen-bond acceptors (Lipinski definition) is 4. The van der Waals surface area contributed by atoms with E-state index in [1.807, 2.05) is 51.1 Å². The van der Waals surface area contributed by atoms with Crippen molar-refractivity contribution < 1.29 is 17.4 Å². The highest BCUT2D eigenvalue weighted by molar-refractivity contribution is 7.86. The molecule has 0 spiro atoms. The zero-order valence-corrected chi connectivity index (χ0v) is 17.8. The van der Waals surface area contributed by atoms with E-state index in [-0.39, 0.29) is 29.2 Å². The van der Waals surface area contributed by atoms with Crippen molar-refractivity contribution in [1.82, 2.24) is 4.90 Å². The second-order valence-electron chi connectivity index (χ2n) is 6.75. The number of amides is 1. The molecule has 2 unspecified atom stereocenters. The van der Waals surface area contributed by atoms with E-state index in [1.54, 1.807) is 29.2 Å². The van der Waals surface area contributed by atoms with Gasteiger partial charge in [-0.25, -0.2) is 0 Å². The van der Waals surface area contributed by atoms with Gasteiger partial charge in [-0.2, -0.15) is 8.42 Å². The van der Waals surface area contributed by atoms with E-state index in [9.17, 15) is 13.2 Å². The molecule has 1 heterocycles. The first-order chi connectivity index (χ1) is 13.4. The van der Waals surface area contributed by atoms with Crippen molar-refractivity contribution in [2.45, 2.75) is 38.5 Å². The Morgan fingerprint density at radius 2 is 1.64 bits per heavy atom. The van der Waals surface area contributed by atoms with Crippen LogP contribution in [0, 0.1) is 12.8 Å². The molecule has 5 nitrogen and oxygen atoms in total. The van der Waals surface area contributed by atoms with Gasteiger partial charge in [-0.15, -0.1) is 0 Å². The fourth-order valence-corrected chi connectivity index (χ4v) is 4.28. The van der Waals surface area contributed by atoms with E-state index in [1.165, 1.54) is 6.92 Å². The standard InChI is InChI=1S/C20H23NO4S.C2H6/c1-15-8-10-19(11-9-15)26(23,24)25-14-18-12-21(16(2)22)13-20(18)17-6-4-3-5-7-17;1-2/h3-11,18,20H,12-14H2,1-2H3;1-2H3. The fraction of sp³-hybridized carbons (Fsp3) is 0.409. The average Bonchev–Trinajstić information content (AvgIpc) is 3.14. The van der Waals surface area contributed by atoms with Crippen LogP contribution >= 0.6 is 0 Å². The Hall–Kier alpha value is -2.18. The number of benzene rings is 2. The Balaban J connectivity index is 0.00000136. The van der Waals surface area contributed by atoms with Crippen LogP contribution in [0.15, 0.2) is 59.5 Å². The zero-order valence-electron chi connectivity index (χ0n) is 17.0. The average molecular weight is 404 g/mol. The molecule has 1 saturated heterocycles. The molecule has 0 aliphatic carbocycles. The van der Waals surface area contributed by atoms with Gasteiger partial charge < -0.3 is 4.90 Å². The van der Waals surface area contributed by atoms with Crippen LogP contribution in [0.2, 0.25) is 0 Å². The molecule has 0 aromatic heterocycles. The molecule has 1 fully saturated rings. The third kappa shape index (κ3) is 5.42. The molecule has 1 aliphatic rings. The van der Waals surface area contributed by atoms with Gasteiger partial charge in [-0.1, -0.05) is 61.9 Å². The lowest BCUT2D eigenvalue weighted by Crippen LogP contribution is -2.26. The highest BCUT2D eigenvalue weighted by Gasteiger charge is 2.36. The van der Waals surface area contributed by atoms with Crippen molar-refractivity contribution >= 4 is 16.0 Å². The Labute approximate surface area is 168 Å². The largest absolute Gasteiger partial charge is 0.342 e.